The van der Waals surface area contributed by atoms with E-state index in [1.54, 1.807) is 24.3 Å². The standard InChI is InChI=1S/C26H28N4O3S/c1-3-27-17-18-30(34(2,32)33)21-15-13-20(14-16-21)28-25(19-9-5-4-6-10-19)24-22-11-7-8-12-23(22)29-26(24)31/h4-16,24,27H,3,17-18H2,1-2H3,(H,29,31). The van der Waals surface area contributed by atoms with Gasteiger partial charge in [-0.15, -0.1) is 0 Å². The fourth-order valence-corrected chi connectivity index (χ4v) is 4.99. The van der Waals surface area contributed by atoms with Crippen LogP contribution in [0.2, 0.25) is 0 Å². The Bertz CT molecular complexity index is 1290. The molecule has 0 aromatic heterocycles. The average molecular weight is 477 g/mol. The van der Waals surface area contributed by atoms with E-state index in [-0.39, 0.29) is 5.91 Å². The molecular weight excluding hydrogens is 448 g/mol. The minimum Gasteiger partial charge on any atom is -0.325 e. The summed E-state index contributed by atoms with van der Waals surface area (Å²) in [7, 11) is -3.43. The molecule has 0 bridgehead atoms. The van der Waals surface area contributed by atoms with Crippen molar-refractivity contribution >= 4 is 38.7 Å². The second kappa shape index (κ2) is 10.2. The van der Waals surface area contributed by atoms with E-state index >= 15 is 0 Å². The van der Waals surface area contributed by atoms with E-state index in [0.29, 0.717) is 30.2 Å². The van der Waals surface area contributed by atoms with Crippen LogP contribution in [-0.2, 0) is 14.8 Å². The van der Waals surface area contributed by atoms with E-state index in [0.717, 1.165) is 23.4 Å². The molecule has 2 N–H and O–H groups in total. The van der Waals surface area contributed by atoms with Crippen LogP contribution < -0.4 is 14.9 Å². The Morgan fingerprint density at radius 1 is 1.00 bits per heavy atom. The summed E-state index contributed by atoms with van der Waals surface area (Å²) in [6.45, 7) is 3.64. The number of hydrogen-bond donors (Lipinski definition) is 2. The van der Waals surface area contributed by atoms with Crippen LogP contribution in [0, 0.1) is 0 Å². The Kier molecular flexibility index (Phi) is 7.09. The molecule has 8 heteroatoms. The number of carbonyl (C=O) groups excluding carboxylic acids is 1. The van der Waals surface area contributed by atoms with Gasteiger partial charge in [-0.1, -0.05) is 55.5 Å². The van der Waals surface area contributed by atoms with E-state index in [4.69, 9.17) is 4.99 Å². The van der Waals surface area contributed by atoms with Crippen LogP contribution >= 0.6 is 0 Å². The highest BCUT2D eigenvalue weighted by Crippen LogP contribution is 2.36. The maximum atomic E-state index is 12.9. The fraction of sp³-hybridized carbons (Fsp3) is 0.231. The Balaban J connectivity index is 1.71. The van der Waals surface area contributed by atoms with Crippen molar-refractivity contribution in [3.8, 4) is 0 Å². The first-order valence-electron chi connectivity index (χ1n) is 11.2. The van der Waals surface area contributed by atoms with Crippen molar-refractivity contribution in [2.24, 2.45) is 4.99 Å². The number of amides is 1. The van der Waals surface area contributed by atoms with Gasteiger partial charge in [0, 0.05) is 18.8 Å². The summed E-state index contributed by atoms with van der Waals surface area (Å²) in [5.41, 5.74) is 4.39. The van der Waals surface area contributed by atoms with Gasteiger partial charge in [-0.25, -0.2) is 8.42 Å². The van der Waals surface area contributed by atoms with Crippen LogP contribution in [0.25, 0.3) is 0 Å². The normalized spacial score (nSPS) is 15.6. The van der Waals surface area contributed by atoms with Gasteiger partial charge in [0.15, 0.2) is 0 Å². The summed E-state index contributed by atoms with van der Waals surface area (Å²) in [4.78, 5) is 17.8. The SMILES string of the molecule is CCNCCN(c1ccc(N=C(c2ccccc2)C2C(=O)Nc3ccccc32)cc1)S(C)(=O)=O. The number of nitrogens with one attached hydrogen (secondary N) is 2. The molecule has 1 heterocycles. The molecule has 0 fully saturated rings. The molecule has 0 spiro atoms. The molecule has 3 aromatic rings. The minimum absolute atomic E-state index is 0.118. The molecule has 1 aliphatic rings. The average Bonchev–Trinajstić information content (AvgIpc) is 3.16. The number of likely N-dealkylation sites (N-methyl/N-ethyl adjacent to an activating group) is 1. The van der Waals surface area contributed by atoms with Gasteiger partial charge in [0.05, 0.1) is 23.3 Å². The first-order valence-corrected chi connectivity index (χ1v) is 13.1. The zero-order valence-corrected chi connectivity index (χ0v) is 20.0. The monoisotopic (exact) mass is 476 g/mol. The van der Waals surface area contributed by atoms with Crippen molar-refractivity contribution in [3.63, 3.8) is 0 Å². The lowest BCUT2D eigenvalue weighted by Crippen LogP contribution is -2.36. The number of carbonyl (C=O) groups is 1. The van der Waals surface area contributed by atoms with Gasteiger partial charge in [-0.3, -0.25) is 14.1 Å². The van der Waals surface area contributed by atoms with Crippen molar-refractivity contribution in [2.75, 3.05) is 35.5 Å². The third kappa shape index (κ3) is 5.18. The lowest BCUT2D eigenvalue weighted by atomic mass is 9.90. The molecule has 1 unspecified atom stereocenters. The Labute approximate surface area is 200 Å². The fourth-order valence-electron chi connectivity index (χ4n) is 4.06. The van der Waals surface area contributed by atoms with E-state index in [9.17, 15) is 13.2 Å². The van der Waals surface area contributed by atoms with Gasteiger partial charge < -0.3 is 10.6 Å². The molecule has 1 amide bonds. The largest absolute Gasteiger partial charge is 0.325 e. The number of fused-ring (bicyclic) bond motifs is 1. The van der Waals surface area contributed by atoms with Crippen LogP contribution in [0.4, 0.5) is 17.1 Å². The van der Waals surface area contributed by atoms with Crippen LogP contribution in [0.1, 0.15) is 24.0 Å². The predicted octanol–water partition coefficient (Wildman–Crippen LogP) is 3.92. The number of rotatable bonds is 9. The van der Waals surface area contributed by atoms with Crippen molar-refractivity contribution < 1.29 is 13.2 Å². The molecule has 4 rings (SSSR count). The molecule has 0 saturated carbocycles. The van der Waals surface area contributed by atoms with Crippen LogP contribution in [0.15, 0.2) is 83.9 Å². The predicted molar refractivity (Wildman–Crippen MR) is 138 cm³/mol. The molecule has 0 radical (unpaired) electrons. The van der Waals surface area contributed by atoms with Gasteiger partial charge in [-0.05, 0) is 48.0 Å². The maximum Gasteiger partial charge on any atom is 0.238 e. The molecule has 176 valence electrons. The number of sulfonamides is 1. The highest BCUT2D eigenvalue weighted by molar-refractivity contribution is 7.92. The van der Waals surface area contributed by atoms with E-state index < -0.39 is 15.9 Å². The van der Waals surface area contributed by atoms with E-state index in [1.807, 2.05) is 61.5 Å². The molecular formula is C26H28N4O3S. The summed E-state index contributed by atoms with van der Waals surface area (Å²) in [6.07, 6.45) is 1.20. The second-order valence-electron chi connectivity index (χ2n) is 8.08. The number of nitrogens with zero attached hydrogens (tertiary/aromatic N) is 2. The zero-order chi connectivity index (χ0) is 24.1. The van der Waals surface area contributed by atoms with Crippen molar-refractivity contribution in [1.82, 2.24) is 5.32 Å². The summed E-state index contributed by atoms with van der Waals surface area (Å²) < 4.78 is 26.0. The summed E-state index contributed by atoms with van der Waals surface area (Å²) in [5.74, 6) is -0.655. The number of para-hydroxylation sites is 1. The highest BCUT2D eigenvalue weighted by Gasteiger charge is 2.35. The van der Waals surface area contributed by atoms with Crippen LogP contribution in [-0.4, -0.2) is 45.9 Å². The maximum absolute atomic E-state index is 12.9. The van der Waals surface area contributed by atoms with Crippen molar-refractivity contribution in [2.45, 2.75) is 12.8 Å². The lowest BCUT2D eigenvalue weighted by molar-refractivity contribution is -0.115. The minimum atomic E-state index is -3.43. The van der Waals surface area contributed by atoms with Gasteiger partial charge in [0.1, 0.15) is 5.92 Å². The molecule has 0 aliphatic carbocycles. The number of hydrogen-bond acceptors (Lipinski definition) is 5. The lowest BCUT2D eigenvalue weighted by Gasteiger charge is -2.22. The first-order chi connectivity index (χ1) is 16.4. The van der Waals surface area contributed by atoms with Crippen molar-refractivity contribution in [1.29, 1.82) is 0 Å². The van der Waals surface area contributed by atoms with Gasteiger partial charge >= 0.3 is 0 Å². The molecule has 34 heavy (non-hydrogen) atoms. The number of aliphatic imine (C=N–C) groups is 1. The van der Waals surface area contributed by atoms with Crippen LogP contribution in [0.5, 0.6) is 0 Å². The Morgan fingerprint density at radius 3 is 2.35 bits per heavy atom. The van der Waals surface area contributed by atoms with Gasteiger partial charge in [-0.2, -0.15) is 0 Å². The summed E-state index contributed by atoms with van der Waals surface area (Å²) in [6, 6.07) is 24.3. The van der Waals surface area contributed by atoms with E-state index in [1.165, 1.54) is 10.6 Å². The Hall–Kier alpha value is -3.49. The number of anilines is 2. The van der Waals surface area contributed by atoms with Gasteiger partial charge in [0.2, 0.25) is 15.9 Å². The summed E-state index contributed by atoms with van der Waals surface area (Å²) >= 11 is 0. The second-order valence-corrected chi connectivity index (χ2v) is 9.98. The van der Waals surface area contributed by atoms with Gasteiger partial charge in [0.25, 0.3) is 0 Å². The third-order valence-electron chi connectivity index (χ3n) is 5.66. The van der Waals surface area contributed by atoms with Crippen LogP contribution in [0.3, 0.4) is 0 Å². The molecule has 1 atom stereocenters. The van der Waals surface area contributed by atoms with Crippen molar-refractivity contribution in [3.05, 3.63) is 90.0 Å². The Morgan fingerprint density at radius 2 is 1.68 bits per heavy atom. The number of benzene rings is 3. The molecule has 0 saturated heterocycles. The third-order valence-corrected chi connectivity index (χ3v) is 6.86. The first kappa shape index (κ1) is 23.7. The topological polar surface area (TPSA) is 90.9 Å². The van der Waals surface area contributed by atoms with E-state index in [2.05, 4.69) is 10.6 Å². The molecule has 1 aliphatic heterocycles. The molecule has 7 nitrogen and oxygen atoms in total. The molecule has 3 aromatic carbocycles. The quantitative estimate of drug-likeness (QED) is 0.362. The zero-order valence-electron chi connectivity index (χ0n) is 19.2. The smallest absolute Gasteiger partial charge is 0.238 e. The summed E-state index contributed by atoms with van der Waals surface area (Å²) in [5, 5.41) is 6.10. The highest BCUT2D eigenvalue weighted by atomic mass is 32.2.